The van der Waals surface area contributed by atoms with Crippen molar-refractivity contribution in [3.8, 4) is 0 Å². The van der Waals surface area contributed by atoms with E-state index in [2.05, 4.69) is 9.78 Å². The predicted molar refractivity (Wildman–Crippen MR) is 16.6 cm³/mol. The van der Waals surface area contributed by atoms with Crippen LogP contribution in [0.25, 0.3) is 0 Å². The molecule has 0 aliphatic carbocycles. The van der Waals surface area contributed by atoms with Gasteiger partial charge in [0.25, 0.3) is 0 Å². The zero-order chi connectivity index (χ0) is 6.20. The third-order valence-corrected chi connectivity index (χ3v) is 0.630. The van der Waals surface area contributed by atoms with Crippen LogP contribution in [0.2, 0.25) is 0 Å². The van der Waals surface area contributed by atoms with Gasteiger partial charge in [-0.05, 0) is 0 Å². The molecular formula is C3H3F3O2. The van der Waals surface area contributed by atoms with Crippen LogP contribution in [0.3, 0.4) is 0 Å². The van der Waals surface area contributed by atoms with E-state index in [1.54, 1.807) is 0 Å². The summed E-state index contributed by atoms with van der Waals surface area (Å²) >= 11 is 0. The van der Waals surface area contributed by atoms with Crippen LogP contribution in [-0.4, -0.2) is 12.5 Å². The molecule has 0 aromatic rings. The lowest BCUT2D eigenvalue weighted by Gasteiger charge is -1.98. The van der Waals surface area contributed by atoms with Gasteiger partial charge in [-0.1, -0.05) is 0 Å². The lowest BCUT2D eigenvalue weighted by molar-refractivity contribution is -0.138. The lowest BCUT2D eigenvalue weighted by atomic mass is 10.4. The van der Waals surface area contributed by atoms with Crippen LogP contribution < -0.4 is 0 Å². The highest BCUT2D eigenvalue weighted by molar-refractivity contribution is 4.55. The minimum Gasteiger partial charge on any atom is -0.198 e. The number of rotatable bonds is 1. The average Bonchev–Trinajstić information content (AvgIpc) is 2.12. The summed E-state index contributed by atoms with van der Waals surface area (Å²) in [4.78, 5) is 7.73. The number of halogens is 3. The van der Waals surface area contributed by atoms with E-state index in [-0.39, 0.29) is 0 Å². The predicted octanol–water partition coefficient (Wildman–Crippen LogP) is 1.23. The highest BCUT2D eigenvalue weighted by Gasteiger charge is 2.40. The van der Waals surface area contributed by atoms with E-state index in [0.29, 0.717) is 0 Å². The molecule has 1 fully saturated rings. The molecule has 0 amide bonds. The molecule has 8 heavy (non-hydrogen) atoms. The first kappa shape index (κ1) is 5.84. The first-order valence-corrected chi connectivity index (χ1v) is 1.97. The molecule has 0 bridgehead atoms. The Morgan fingerprint density at radius 2 is 1.75 bits per heavy atom. The highest BCUT2D eigenvalue weighted by Crippen LogP contribution is 2.29. The molecule has 1 rings (SSSR count). The van der Waals surface area contributed by atoms with Crippen LogP contribution in [0.15, 0.2) is 0 Å². The lowest BCUT2D eigenvalue weighted by Crippen LogP contribution is -2.10. The van der Waals surface area contributed by atoms with Gasteiger partial charge in [0.05, 0.1) is 0 Å². The average molecular weight is 128 g/mol. The summed E-state index contributed by atoms with van der Waals surface area (Å²) in [6.45, 7) is 0. The molecule has 0 atom stereocenters. The van der Waals surface area contributed by atoms with Gasteiger partial charge in [-0.2, -0.15) is 22.9 Å². The molecular weight excluding hydrogens is 125 g/mol. The maximum atomic E-state index is 11.2. The van der Waals surface area contributed by atoms with E-state index in [4.69, 9.17) is 0 Å². The summed E-state index contributed by atoms with van der Waals surface area (Å²) < 4.78 is 33.6. The van der Waals surface area contributed by atoms with Crippen molar-refractivity contribution in [2.45, 2.75) is 18.9 Å². The Kier molecular flexibility index (Phi) is 1.16. The van der Waals surface area contributed by atoms with Crippen LogP contribution >= 0.6 is 0 Å². The second-order valence-electron chi connectivity index (χ2n) is 1.44. The molecule has 0 radical (unpaired) electrons. The number of hydrogen-bond donors (Lipinski definition) is 0. The van der Waals surface area contributed by atoms with Gasteiger partial charge in [-0.15, -0.1) is 0 Å². The quantitative estimate of drug-likeness (QED) is 0.392. The number of alkyl halides is 3. The Morgan fingerprint density at radius 3 is 1.88 bits per heavy atom. The minimum absolute atomic E-state index is 1.01. The van der Waals surface area contributed by atoms with Gasteiger partial charge >= 0.3 is 6.18 Å². The summed E-state index contributed by atoms with van der Waals surface area (Å²) in [7, 11) is 0. The highest BCUT2D eigenvalue weighted by atomic mass is 19.4. The molecule has 0 spiro atoms. The van der Waals surface area contributed by atoms with Crippen molar-refractivity contribution in [1.29, 1.82) is 0 Å². The van der Waals surface area contributed by atoms with Crippen molar-refractivity contribution < 1.29 is 22.9 Å². The maximum Gasteiger partial charge on any atom is 0.394 e. The van der Waals surface area contributed by atoms with E-state index in [9.17, 15) is 13.2 Å². The Balaban J connectivity index is 2.16. The Morgan fingerprint density at radius 1 is 1.25 bits per heavy atom. The van der Waals surface area contributed by atoms with Crippen LogP contribution in [0, 0.1) is 0 Å². The van der Waals surface area contributed by atoms with E-state index in [0.717, 1.165) is 0 Å². The first-order chi connectivity index (χ1) is 3.58. The largest absolute Gasteiger partial charge is 0.394 e. The SMILES string of the molecule is FC(F)(F)CC1OO1. The van der Waals surface area contributed by atoms with Gasteiger partial charge in [-0.3, -0.25) is 0 Å². The van der Waals surface area contributed by atoms with E-state index >= 15 is 0 Å². The van der Waals surface area contributed by atoms with E-state index in [1.165, 1.54) is 0 Å². The zero-order valence-corrected chi connectivity index (χ0v) is 3.73. The van der Waals surface area contributed by atoms with Gasteiger partial charge in [0.2, 0.25) is 6.29 Å². The van der Waals surface area contributed by atoms with E-state index < -0.39 is 18.9 Å². The molecule has 1 aliphatic heterocycles. The van der Waals surface area contributed by atoms with Gasteiger partial charge in [-0.25, -0.2) is 0 Å². The van der Waals surface area contributed by atoms with Gasteiger partial charge in [0.1, 0.15) is 6.42 Å². The fourth-order valence-corrected chi connectivity index (χ4v) is 0.296. The van der Waals surface area contributed by atoms with Crippen molar-refractivity contribution in [3.63, 3.8) is 0 Å². The van der Waals surface area contributed by atoms with Gasteiger partial charge < -0.3 is 0 Å². The summed E-state index contributed by atoms with van der Waals surface area (Å²) in [5.74, 6) is 0. The van der Waals surface area contributed by atoms with Crippen molar-refractivity contribution in [1.82, 2.24) is 0 Å². The molecule has 5 heteroatoms. The fourth-order valence-electron chi connectivity index (χ4n) is 0.296. The summed E-state index contributed by atoms with van der Waals surface area (Å²) in [5, 5.41) is 0. The number of hydrogen-bond acceptors (Lipinski definition) is 2. The Labute approximate surface area is 43.1 Å². The second-order valence-corrected chi connectivity index (χ2v) is 1.44. The molecule has 0 aromatic heterocycles. The molecule has 1 heterocycles. The van der Waals surface area contributed by atoms with Crippen LogP contribution in [0.1, 0.15) is 6.42 Å². The summed E-state index contributed by atoms with van der Waals surface area (Å²) in [5.41, 5.74) is 0. The maximum absolute atomic E-state index is 11.2. The first-order valence-electron chi connectivity index (χ1n) is 1.97. The van der Waals surface area contributed by atoms with Crippen molar-refractivity contribution >= 4 is 0 Å². The van der Waals surface area contributed by atoms with Crippen LogP contribution in [-0.2, 0) is 9.78 Å². The molecule has 0 aromatic carbocycles. The third-order valence-electron chi connectivity index (χ3n) is 0.630. The molecule has 0 unspecified atom stereocenters. The topological polar surface area (TPSA) is 25.1 Å². The second kappa shape index (κ2) is 1.60. The summed E-state index contributed by atoms with van der Waals surface area (Å²) in [6, 6.07) is 0. The van der Waals surface area contributed by atoms with Crippen molar-refractivity contribution in [3.05, 3.63) is 0 Å². The Hall–Kier alpha value is -0.290. The molecule has 48 valence electrons. The molecule has 1 saturated heterocycles. The Bertz CT molecular complexity index is 85.0. The zero-order valence-electron chi connectivity index (χ0n) is 3.73. The standard InChI is InChI=1S/C3H3F3O2/c4-3(5,6)1-2-7-8-2/h2H,1H2. The summed E-state index contributed by atoms with van der Waals surface area (Å²) in [6.07, 6.45) is -6.20. The van der Waals surface area contributed by atoms with Gasteiger partial charge in [0.15, 0.2) is 0 Å². The smallest absolute Gasteiger partial charge is 0.198 e. The van der Waals surface area contributed by atoms with E-state index in [1.807, 2.05) is 0 Å². The molecule has 0 N–H and O–H groups in total. The normalized spacial score (nSPS) is 21.4. The monoisotopic (exact) mass is 128 g/mol. The molecule has 1 aliphatic rings. The molecule has 0 saturated carbocycles. The molecule has 2 nitrogen and oxygen atoms in total. The van der Waals surface area contributed by atoms with Crippen molar-refractivity contribution in [2.24, 2.45) is 0 Å². The fraction of sp³-hybridized carbons (Fsp3) is 1.00. The third kappa shape index (κ3) is 2.13. The minimum atomic E-state index is -4.17. The van der Waals surface area contributed by atoms with Gasteiger partial charge in [0, 0.05) is 0 Å². The van der Waals surface area contributed by atoms with Crippen molar-refractivity contribution in [2.75, 3.05) is 0 Å². The van der Waals surface area contributed by atoms with Crippen LogP contribution in [0.4, 0.5) is 13.2 Å². The van der Waals surface area contributed by atoms with Crippen LogP contribution in [0.5, 0.6) is 0 Å².